The molecule has 0 aliphatic carbocycles. The van der Waals surface area contributed by atoms with Gasteiger partial charge in [0.2, 0.25) is 0 Å². The summed E-state index contributed by atoms with van der Waals surface area (Å²) in [5, 5.41) is 3.56. The van der Waals surface area contributed by atoms with E-state index < -0.39 is 0 Å². The average molecular weight is 380 g/mol. The lowest BCUT2D eigenvalue weighted by atomic mass is 9.90. The molecule has 2 aromatic carbocycles. The summed E-state index contributed by atoms with van der Waals surface area (Å²) in [6.07, 6.45) is 1.04. The summed E-state index contributed by atoms with van der Waals surface area (Å²) in [5.41, 5.74) is 4.99. The highest BCUT2D eigenvalue weighted by Crippen LogP contribution is 2.31. The molecule has 2 aromatic rings. The lowest BCUT2D eigenvalue weighted by Crippen LogP contribution is -2.46. The Morgan fingerprint density at radius 3 is 2.25 bits per heavy atom. The van der Waals surface area contributed by atoms with E-state index in [0.29, 0.717) is 0 Å². The molecule has 3 rings (SSSR count). The molecule has 0 aromatic heterocycles. The fourth-order valence-electron chi connectivity index (χ4n) is 3.67. The van der Waals surface area contributed by atoms with Crippen molar-refractivity contribution in [3.63, 3.8) is 0 Å². The van der Waals surface area contributed by atoms with E-state index in [1.165, 1.54) is 11.4 Å². The van der Waals surface area contributed by atoms with E-state index in [9.17, 15) is 0 Å². The maximum atomic E-state index is 5.25. The molecule has 1 saturated heterocycles. The standard InChI is InChI=1S/C24H33N3O/c1-19(18-24(2,3)4)26-14-16-27(17-15-26)23-9-7-6-8-22(23)25-20-10-12-21(28-5)13-11-20/h6-13,25H,1,14-18H2,2-5H3. The third kappa shape index (κ3) is 5.22. The predicted molar refractivity (Wildman–Crippen MR) is 120 cm³/mol. The van der Waals surface area contributed by atoms with E-state index >= 15 is 0 Å². The quantitative estimate of drug-likeness (QED) is 0.716. The average Bonchev–Trinajstić information content (AvgIpc) is 2.68. The Hall–Kier alpha value is -2.62. The summed E-state index contributed by atoms with van der Waals surface area (Å²) in [5.74, 6) is 0.866. The van der Waals surface area contributed by atoms with Crippen LogP contribution in [-0.2, 0) is 0 Å². The normalized spacial score (nSPS) is 14.7. The second kappa shape index (κ2) is 8.59. The summed E-state index contributed by atoms with van der Waals surface area (Å²) in [6, 6.07) is 16.6. The summed E-state index contributed by atoms with van der Waals surface area (Å²) >= 11 is 0. The van der Waals surface area contributed by atoms with Gasteiger partial charge in [0.05, 0.1) is 18.5 Å². The fourth-order valence-corrected chi connectivity index (χ4v) is 3.67. The van der Waals surface area contributed by atoms with Gasteiger partial charge in [0.1, 0.15) is 5.75 Å². The molecule has 0 radical (unpaired) electrons. The van der Waals surface area contributed by atoms with Gasteiger partial charge in [-0.3, -0.25) is 0 Å². The van der Waals surface area contributed by atoms with Crippen molar-refractivity contribution < 1.29 is 4.74 Å². The van der Waals surface area contributed by atoms with Gasteiger partial charge in [-0.05, 0) is 48.2 Å². The monoisotopic (exact) mass is 379 g/mol. The number of rotatable bonds is 6. The Bertz CT molecular complexity index is 784. The van der Waals surface area contributed by atoms with Crippen LogP contribution in [0.1, 0.15) is 27.2 Å². The third-order valence-electron chi connectivity index (χ3n) is 5.08. The lowest BCUT2D eigenvalue weighted by Gasteiger charge is -2.40. The number of nitrogens with zero attached hydrogens (tertiary/aromatic N) is 2. The fraction of sp³-hybridized carbons (Fsp3) is 0.417. The van der Waals surface area contributed by atoms with Crippen molar-refractivity contribution >= 4 is 17.1 Å². The Kier molecular flexibility index (Phi) is 6.18. The van der Waals surface area contributed by atoms with Crippen LogP contribution in [0, 0.1) is 5.41 Å². The lowest BCUT2D eigenvalue weighted by molar-refractivity contribution is 0.277. The summed E-state index contributed by atoms with van der Waals surface area (Å²) in [6.45, 7) is 15.2. The van der Waals surface area contributed by atoms with Crippen LogP contribution in [-0.4, -0.2) is 38.2 Å². The largest absolute Gasteiger partial charge is 0.497 e. The van der Waals surface area contributed by atoms with Gasteiger partial charge in [-0.2, -0.15) is 0 Å². The van der Waals surface area contributed by atoms with Crippen molar-refractivity contribution in [3.05, 3.63) is 60.8 Å². The number of anilines is 3. The highest BCUT2D eigenvalue weighted by atomic mass is 16.5. The van der Waals surface area contributed by atoms with Gasteiger partial charge in [0.15, 0.2) is 0 Å². The number of nitrogens with one attached hydrogen (secondary N) is 1. The Labute approximate surface area is 169 Å². The number of allylic oxidation sites excluding steroid dienone is 1. The smallest absolute Gasteiger partial charge is 0.119 e. The van der Waals surface area contributed by atoms with Crippen LogP contribution in [0.2, 0.25) is 0 Å². The minimum Gasteiger partial charge on any atom is -0.497 e. The van der Waals surface area contributed by atoms with Crippen LogP contribution in [0.4, 0.5) is 17.1 Å². The van der Waals surface area contributed by atoms with Crippen molar-refractivity contribution in [2.75, 3.05) is 43.5 Å². The van der Waals surface area contributed by atoms with E-state index in [0.717, 1.165) is 49.7 Å². The molecule has 0 saturated carbocycles. The molecule has 1 aliphatic heterocycles. The highest BCUT2D eigenvalue weighted by molar-refractivity contribution is 5.75. The Morgan fingerprint density at radius 2 is 1.64 bits per heavy atom. The number of para-hydroxylation sites is 2. The first-order valence-corrected chi connectivity index (χ1v) is 10.0. The first-order chi connectivity index (χ1) is 13.4. The molecule has 4 heteroatoms. The van der Waals surface area contributed by atoms with Crippen molar-refractivity contribution in [1.82, 2.24) is 4.90 Å². The molecule has 0 bridgehead atoms. The van der Waals surface area contributed by atoms with Crippen molar-refractivity contribution in [2.45, 2.75) is 27.2 Å². The molecule has 1 aliphatic rings. The Balaban J connectivity index is 1.66. The summed E-state index contributed by atoms with van der Waals surface area (Å²) < 4.78 is 5.25. The second-order valence-electron chi connectivity index (χ2n) is 8.65. The molecule has 1 N–H and O–H groups in total. The molecule has 1 fully saturated rings. The number of methoxy groups -OCH3 is 1. The molecule has 4 nitrogen and oxygen atoms in total. The molecule has 28 heavy (non-hydrogen) atoms. The topological polar surface area (TPSA) is 27.7 Å². The number of hydrogen-bond acceptors (Lipinski definition) is 4. The zero-order chi connectivity index (χ0) is 20.1. The second-order valence-corrected chi connectivity index (χ2v) is 8.65. The first-order valence-electron chi connectivity index (χ1n) is 10.0. The maximum absolute atomic E-state index is 5.25. The molecule has 0 spiro atoms. The van der Waals surface area contributed by atoms with Crippen LogP contribution < -0.4 is 15.0 Å². The molecular weight excluding hydrogens is 346 g/mol. The van der Waals surface area contributed by atoms with E-state index in [1.807, 2.05) is 24.3 Å². The number of hydrogen-bond donors (Lipinski definition) is 1. The minimum atomic E-state index is 0.281. The van der Waals surface area contributed by atoms with Gasteiger partial charge in [-0.25, -0.2) is 0 Å². The molecule has 0 atom stereocenters. The number of piperazine rings is 1. The van der Waals surface area contributed by atoms with E-state index in [-0.39, 0.29) is 5.41 Å². The van der Waals surface area contributed by atoms with Crippen molar-refractivity contribution in [3.8, 4) is 5.75 Å². The molecule has 0 unspecified atom stereocenters. The zero-order valence-electron chi connectivity index (χ0n) is 17.7. The summed E-state index contributed by atoms with van der Waals surface area (Å²) in [7, 11) is 1.69. The van der Waals surface area contributed by atoms with Gasteiger partial charge in [0.25, 0.3) is 0 Å². The van der Waals surface area contributed by atoms with E-state index in [4.69, 9.17) is 4.74 Å². The zero-order valence-corrected chi connectivity index (χ0v) is 17.7. The van der Waals surface area contributed by atoms with Gasteiger partial charge in [-0.1, -0.05) is 39.5 Å². The molecule has 150 valence electrons. The maximum Gasteiger partial charge on any atom is 0.119 e. The number of benzene rings is 2. The van der Waals surface area contributed by atoms with Gasteiger partial charge >= 0.3 is 0 Å². The highest BCUT2D eigenvalue weighted by Gasteiger charge is 2.22. The van der Waals surface area contributed by atoms with Crippen LogP contribution in [0.15, 0.2) is 60.8 Å². The van der Waals surface area contributed by atoms with Crippen LogP contribution in [0.5, 0.6) is 5.75 Å². The number of ether oxygens (including phenoxy) is 1. The Morgan fingerprint density at radius 1 is 1.00 bits per heavy atom. The van der Waals surface area contributed by atoms with Crippen molar-refractivity contribution in [2.24, 2.45) is 5.41 Å². The van der Waals surface area contributed by atoms with Crippen LogP contribution in [0.3, 0.4) is 0 Å². The predicted octanol–water partition coefficient (Wildman–Crippen LogP) is 5.51. The van der Waals surface area contributed by atoms with E-state index in [2.05, 4.69) is 66.7 Å². The first kappa shape index (κ1) is 20.1. The SMILES string of the molecule is C=C(CC(C)(C)C)N1CCN(c2ccccc2Nc2ccc(OC)cc2)CC1. The van der Waals surface area contributed by atoms with Gasteiger partial charge in [0, 0.05) is 37.6 Å². The van der Waals surface area contributed by atoms with Gasteiger partial charge < -0.3 is 19.9 Å². The summed E-state index contributed by atoms with van der Waals surface area (Å²) in [4.78, 5) is 4.91. The van der Waals surface area contributed by atoms with Crippen LogP contribution in [0.25, 0.3) is 0 Å². The van der Waals surface area contributed by atoms with Crippen molar-refractivity contribution in [1.29, 1.82) is 0 Å². The molecule has 1 heterocycles. The minimum absolute atomic E-state index is 0.281. The molecular formula is C24H33N3O. The van der Waals surface area contributed by atoms with Crippen LogP contribution >= 0.6 is 0 Å². The van der Waals surface area contributed by atoms with Gasteiger partial charge in [-0.15, -0.1) is 0 Å². The molecule has 0 amide bonds. The third-order valence-corrected chi connectivity index (χ3v) is 5.08. The van der Waals surface area contributed by atoms with E-state index in [1.54, 1.807) is 7.11 Å².